The molecular weight excluding hydrogens is 378 g/mol. The van der Waals surface area contributed by atoms with Crippen molar-refractivity contribution in [2.45, 2.75) is 70.9 Å². The van der Waals surface area contributed by atoms with Gasteiger partial charge in [0.1, 0.15) is 11.6 Å². The summed E-state index contributed by atoms with van der Waals surface area (Å²) in [5.41, 5.74) is 1.34. The number of rotatable bonds is 2. The SMILES string of the molecule is CC(C)(C)OC(=O)N1CCC[C@H]1c1nc(-c2ccc(C#CC3CCCC3)cc2)no1. The van der Waals surface area contributed by atoms with E-state index in [4.69, 9.17) is 9.26 Å². The molecular formula is C24H29N3O3. The molecule has 0 radical (unpaired) electrons. The van der Waals surface area contributed by atoms with Crippen LogP contribution in [-0.2, 0) is 4.74 Å². The van der Waals surface area contributed by atoms with E-state index >= 15 is 0 Å². The molecule has 0 unspecified atom stereocenters. The Morgan fingerprint density at radius 1 is 1.13 bits per heavy atom. The summed E-state index contributed by atoms with van der Waals surface area (Å²) in [4.78, 5) is 18.8. The number of carbonyl (C=O) groups is 1. The van der Waals surface area contributed by atoms with E-state index in [-0.39, 0.29) is 12.1 Å². The number of amides is 1. The first-order valence-electron chi connectivity index (χ1n) is 10.8. The Bertz CT molecular complexity index is 941. The highest BCUT2D eigenvalue weighted by molar-refractivity contribution is 5.69. The molecule has 1 amide bonds. The molecule has 4 rings (SSSR count). The van der Waals surface area contributed by atoms with Gasteiger partial charge in [0.25, 0.3) is 0 Å². The van der Waals surface area contributed by atoms with Crippen molar-refractivity contribution < 1.29 is 14.1 Å². The Morgan fingerprint density at radius 2 is 1.87 bits per heavy atom. The lowest BCUT2D eigenvalue weighted by molar-refractivity contribution is 0.0199. The van der Waals surface area contributed by atoms with Crippen LogP contribution in [0.15, 0.2) is 28.8 Å². The average Bonchev–Trinajstić information content (AvgIpc) is 3.46. The molecule has 0 N–H and O–H groups in total. The fourth-order valence-electron chi connectivity index (χ4n) is 4.01. The Balaban J connectivity index is 1.45. The summed E-state index contributed by atoms with van der Waals surface area (Å²) in [6.45, 7) is 6.22. The van der Waals surface area contributed by atoms with Gasteiger partial charge in [-0.1, -0.05) is 29.8 Å². The standard InChI is InChI=1S/C24H29N3O3/c1-24(2,3)29-23(28)27-16-6-9-20(27)22-25-21(26-30-22)19-14-12-18(13-15-19)11-10-17-7-4-5-8-17/h12-15,17,20H,4-9,16H2,1-3H3/t20-/m0/s1. The molecule has 1 aliphatic carbocycles. The minimum Gasteiger partial charge on any atom is -0.444 e. The fourth-order valence-corrected chi connectivity index (χ4v) is 4.01. The maximum absolute atomic E-state index is 12.5. The van der Waals surface area contributed by atoms with Crippen LogP contribution in [0.1, 0.15) is 76.8 Å². The van der Waals surface area contributed by atoms with Gasteiger partial charge >= 0.3 is 6.09 Å². The van der Waals surface area contributed by atoms with Crippen molar-refractivity contribution in [1.29, 1.82) is 0 Å². The van der Waals surface area contributed by atoms with Crippen molar-refractivity contribution in [2.75, 3.05) is 6.54 Å². The highest BCUT2D eigenvalue weighted by Gasteiger charge is 2.36. The lowest BCUT2D eigenvalue weighted by Gasteiger charge is -2.26. The molecule has 158 valence electrons. The number of aromatic nitrogens is 2. The van der Waals surface area contributed by atoms with Crippen LogP contribution in [0.4, 0.5) is 4.79 Å². The topological polar surface area (TPSA) is 68.5 Å². The van der Waals surface area contributed by atoms with Crippen molar-refractivity contribution in [3.63, 3.8) is 0 Å². The van der Waals surface area contributed by atoms with Crippen LogP contribution in [0, 0.1) is 17.8 Å². The molecule has 1 aromatic carbocycles. The molecule has 1 saturated carbocycles. The maximum Gasteiger partial charge on any atom is 0.410 e. The van der Waals surface area contributed by atoms with Gasteiger partial charge in [0.15, 0.2) is 0 Å². The van der Waals surface area contributed by atoms with E-state index in [9.17, 15) is 4.79 Å². The molecule has 2 aliphatic rings. The van der Waals surface area contributed by atoms with Crippen molar-refractivity contribution in [1.82, 2.24) is 15.0 Å². The zero-order chi connectivity index (χ0) is 21.1. The van der Waals surface area contributed by atoms with E-state index in [1.54, 1.807) is 4.90 Å². The van der Waals surface area contributed by atoms with Crippen LogP contribution in [0.2, 0.25) is 0 Å². The Labute approximate surface area is 178 Å². The quantitative estimate of drug-likeness (QED) is 0.628. The molecule has 2 fully saturated rings. The third-order valence-electron chi connectivity index (χ3n) is 5.53. The smallest absolute Gasteiger partial charge is 0.410 e. The number of nitrogens with zero attached hydrogens (tertiary/aromatic N) is 3. The number of carbonyl (C=O) groups excluding carboxylic acids is 1. The van der Waals surface area contributed by atoms with Crippen molar-refractivity contribution in [3.8, 4) is 23.2 Å². The molecule has 30 heavy (non-hydrogen) atoms. The van der Waals surface area contributed by atoms with Crippen LogP contribution < -0.4 is 0 Å². The number of benzene rings is 1. The van der Waals surface area contributed by atoms with Gasteiger partial charge in [-0.3, -0.25) is 4.90 Å². The van der Waals surface area contributed by atoms with Gasteiger partial charge in [-0.2, -0.15) is 4.98 Å². The second-order valence-electron chi connectivity index (χ2n) is 9.12. The minimum absolute atomic E-state index is 0.238. The van der Waals surface area contributed by atoms with Crippen LogP contribution in [0.25, 0.3) is 11.4 Å². The van der Waals surface area contributed by atoms with Crippen LogP contribution in [0.3, 0.4) is 0 Å². The second kappa shape index (κ2) is 8.51. The summed E-state index contributed by atoms with van der Waals surface area (Å²) >= 11 is 0. The highest BCUT2D eigenvalue weighted by atomic mass is 16.6. The van der Waals surface area contributed by atoms with E-state index < -0.39 is 5.60 Å². The number of likely N-dealkylation sites (tertiary alicyclic amines) is 1. The van der Waals surface area contributed by atoms with Crippen molar-refractivity contribution in [3.05, 3.63) is 35.7 Å². The molecule has 2 aromatic rings. The maximum atomic E-state index is 12.5. The molecule has 0 spiro atoms. The number of ether oxygens (including phenoxy) is 1. The molecule has 1 aliphatic heterocycles. The normalized spacial score (nSPS) is 19.6. The molecule has 2 heterocycles. The third kappa shape index (κ3) is 4.84. The predicted molar refractivity (Wildman–Crippen MR) is 113 cm³/mol. The van der Waals surface area contributed by atoms with Crippen molar-refractivity contribution >= 4 is 6.09 Å². The number of hydrogen-bond acceptors (Lipinski definition) is 5. The predicted octanol–water partition coefficient (Wildman–Crippen LogP) is 5.35. The molecule has 1 aromatic heterocycles. The lowest BCUT2D eigenvalue weighted by atomic mass is 10.1. The lowest BCUT2D eigenvalue weighted by Crippen LogP contribution is -2.36. The van der Waals surface area contributed by atoms with E-state index in [2.05, 4.69) is 22.0 Å². The third-order valence-corrected chi connectivity index (χ3v) is 5.53. The molecule has 6 heteroatoms. The first kappa shape index (κ1) is 20.5. The molecule has 1 saturated heterocycles. The van der Waals surface area contributed by atoms with Gasteiger partial charge in [0, 0.05) is 23.6 Å². The summed E-state index contributed by atoms with van der Waals surface area (Å²) in [7, 11) is 0. The van der Waals surface area contributed by atoms with Gasteiger partial charge in [-0.15, -0.1) is 0 Å². The van der Waals surface area contributed by atoms with Gasteiger partial charge in [0.2, 0.25) is 11.7 Å². The summed E-state index contributed by atoms with van der Waals surface area (Å²) < 4.78 is 11.0. The van der Waals surface area contributed by atoms with Crippen LogP contribution >= 0.6 is 0 Å². The average molecular weight is 408 g/mol. The van der Waals surface area contributed by atoms with E-state index in [0.717, 1.165) is 24.0 Å². The monoisotopic (exact) mass is 407 g/mol. The Hall–Kier alpha value is -2.81. The van der Waals surface area contributed by atoms with E-state index in [1.165, 1.54) is 25.7 Å². The van der Waals surface area contributed by atoms with Gasteiger partial charge in [-0.05, 0) is 70.7 Å². The van der Waals surface area contributed by atoms with Gasteiger partial charge in [0.05, 0.1) is 0 Å². The highest BCUT2D eigenvalue weighted by Crippen LogP contribution is 2.33. The van der Waals surface area contributed by atoms with E-state index in [0.29, 0.717) is 24.2 Å². The molecule has 6 nitrogen and oxygen atoms in total. The van der Waals surface area contributed by atoms with E-state index in [1.807, 2.05) is 45.0 Å². The summed E-state index contributed by atoms with van der Waals surface area (Å²) in [6.07, 6.45) is 6.37. The van der Waals surface area contributed by atoms with Gasteiger partial charge < -0.3 is 9.26 Å². The molecule has 0 bridgehead atoms. The zero-order valence-electron chi connectivity index (χ0n) is 18.0. The Kier molecular flexibility index (Phi) is 5.80. The molecule has 1 atom stereocenters. The van der Waals surface area contributed by atoms with Crippen molar-refractivity contribution in [2.24, 2.45) is 5.92 Å². The fraction of sp³-hybridized carbons (Fsp3) is 0.542. The van der Waals surface area contributed by atoms with Crippen LogP contribution in [-0.4, -0.2) is 33.3 Å². The largest absolute Gasteiger partial charge is 0.444 e. The zero-order valence-corrected chi connectivity index (χ0v) is 18.0. The minimum atomic E-state index is -0.535. The summed E-state index contributed by atoms with van der Waals surface area (Å²) in [5.74, 6) is 8.19. The van der Waals surface area contributed by atoms with Crippen LogP contribution in [0.5, 0.6) is 0 Å². The van der Waals surface area contributed by atoms with Gasteiger partial charge in [-0.25, -0.2) is 4.79 Å². The first-order chi connectivity index (χ1) is 14.4. The first-order valence-corrected chi connectivity index (χ1v) is 10.8. The summed E-state index contributed by atoms with van der Waals surface area (Å²) in [5, 5.41) is 4.14. The summed E-state index contributed by atoms with van der Waals surface area (Å²) in [6, 6.07) is 7.69. The second-order valence-corrected chi connectivity index (χ2v) is 9.12. The number of hydrogen-bond donors (Lipinski definition) is 0. The Morgan fingerprint density at radius 3 is 2.57 bits per heavy atom.